The zero-order valence-corrected chi connectivity index (χ0v) is 7.79. The number of hydrazine groups is 1. The summed E-state index contributed by atoms with van der Waals surface area (Å²) in [6.07, 6.45) is 2.80. The van der Waals surface area contributed by atoms with E-state index in [4.69, 9.17) is 5.84 Å². The lowest BCUT2D eigenvalue weighted by atomic mass is 9.98. The predicted octanol–water partition coefficient (Wildman–Crippen LogP) is 1.38. The highest BCUT2D eigenvalue weighted by atomic mass is 19.1. The van der Waals surface area contributed by atoms with Gasteiger partial charge >= 0.3 is 0 Å². The van der Waals surface area contributed by atoms with Crippen molar-refractivity contribution >= 4 is 0 Å². The van der Waals surface area contributed by atoms with Crippen molar-refractivity contribution in [2.45, 2.75) is 19.9 Å². The molecule has 0 saturated carbocycles. The van der Waals surface area contributed by atoms with Crippen LogP contribution in [0.2, 0.25) is 0 Å². The van der Waals surface area contributed by atoms with Crippen LogP contribution in [0.1, 0.15) is 25.5 Å². The monoisotopic (exact) mass is 183 g/mol. The average molecular weight is 183 g/mol. The van der Waals surface area contributed by atoms with E-state index < -0.39 is 0 Å². The van der Waals surface area contributed by atoms with Gasteiger partial charge in [-0.05, 0) is 17.5 Å². The third-order valence-electron chi connectivity index (χ3n) is 1.93. The third kappa shape index (κ3) is 2.47. The Bertz CT molecular complexity index is 275. The first-order valence-corrected chi connectivity index (χ1v) is 4.21. The van der Waals surface area contributed by atoms with E-state index in [9.17, 15) is 4.39 Å². The minimum Gasteiger partial charge on any atom is -0.271 e. The third-order valence-corrected chi connectivity index (χ3v) is 1.93. The molecular formula is C9H14FN3. The van der Waals surface area contributed by atoms with Crippen LogP contribution in [0, 0.1) is 11.7 Å². The van der Waals surface area contributed by atoms with Crippen LogP contribution < -0.4 is 11.3 Å². The molecule has 0 aliphatic carbocycles. The molecule has 1 heterocycles. The largest absolute Gasteiger partial charge is 0.271 e. The summed E-state index contributed by atoms with van der Waals surface area (Å²) in [5.74, 6) is 5.32. The number of nitrogens with two attached hydrogens (primary N) is 1. The van der Waals surface area contributed by atoms with Crippen molar-refractivity contribution in [3.8, 4) is 0 Å². The van der Waals surface area contributed by atoms with Crippen molar-refractivity contribution in [1.29, 1.82) is 0 Å². The van der Waals surface area contributed by atoms with Crippen LogP contribution in [0.5, 0.6) is 0 Å². The van der Waals surface area contributed by atoms with Gasteiger partial charge in [-0.2, -0.15) is 0 Å². The van der Waals surface area contributed by atoms with Crippen molar-refractivity contribution in [2.75, 3.05) is 0 Å². The highest BCUT2D eigenvalue weighted by molar-refractivity contribution is 5.15. The van der Waals surface area contributed by atoms with Crippen molar-refractivity contribution in [1.82, 2.24) is 10.4 Å². The number of nitrogens with zero attached hydrogens (tertiary/aromatic N) is 1. The fraction of sp³-hybridized carbons (Fsp3) is 0.444. The highest BCUT2D eigenvalue weighted by Crippen LogP contribution is 2.19. The Labute approximate surface area is 77.1 Å². The van der Waals surface area contributed by atoms with E-state index in [0.29, 0.717) is 5.92 Å². The molecule has 3 nitrogen and oxygen atoms in total. The standard InChI is InChI=1S/C9H14FN3/c1-6(2)9(13-11)7-3-8(10)5-12-4-7/h3-6,9,13H,11H2,1-2H3. The first-order valence-electron chi connectivity index (χ1n) is 4.21. The molecule has 0 bridgehead atoms. The van der Waals surface area contributed by atoms with Crippen LogP contribution in [0.4, 0.5) is 4.39 Å². The summed E-state index contributed by atoms with van der Waals surface area (Å²) in [4.78, 5) is 3.76. The highest BCUT2D eigenvalue weighted by Gasteiger charge is 2.14. The number of pyridine rings is 1. The quantitative estimate of drug-likeness (QED) is 0.550. The lowest BCUT2D eigenvalue weighted by Crippen LogP contribution is -2.31. The fourth-order valence-corrected chi connectivity index (χ4v) is 1.27. The second-order valence-corrected chi connectivity index (χ2v) is 3.32. The van der Waals surface area contributed by atoms with Crippen LogP contribution in [-0.2, 0) is 0 Å². The van der Waals surface area contributed by atoms with Crippen molar-refractivity contribution in [3.05, 3.63) is 29.8 Å². The molecule has 0 fully saturated rings. The Hall–Kier alpha value is -1.00. The molecule has 0 saturated heterocycles. The first kappa shape index (κ1) is 10.1. The lowest BCUT2D eigenvalue weighted by molar-refractivity contribution is 0.418. The average Bonchev–Trinajstić information content (AvgIpc) is 2.04. The van der Waals surface area contributed by atoms with E-state index in [1.165, 1.54) is 12.3 Å². The van der Waals surface area contributed by atoms with Gasteiger partial charge in [-0.1, -0.05) is 13.8 Å². The second kappa shape index (κ2) is 4.30. The molecule has 13 heavy (non-hydrogen) atoms. The normalized spacial score (nSPS) is 13.3. The molecule has 0 spiro atoms. The topological polar surface area (TPSA) is 50.9 Å². The summed E-state index contributed by atoms with van der Waals surface area (Å²) in [5, 5.41) is 0. The summed E-state index contributed by atoms with van der Waals surface area (Å²) < 4.78 is 12.8. The SMILES string of the molecule is CC(C)C(NN)c1cncc(F)c1. The second-order valence-electron chi connectivity index (χ2n) is 3.32. The van der Waals surface area contributed by atoms with Crippen LogP contribution in [-0.4, -0.2) is 4.98 Å². The lowest BCUT2D eigenvalue weighted by Gasteiger charge is -2.19. The number of aromatic nitrogens is 1. The summed E-state index contributed by atoms with van der Waals surface area (Å²) in [6.45, 7) is 4.02. The molecule has 1 rings (SSSR count). The van der Waals surface area contributed by atoms with E-state index in [2.05, 4.69) is 10.4 Å². The Morgan fingerprint density at radius 3 is 2.62 bits per heavy atom. The molecule has 1 aromatic rings. The molecule has 0 amide bonds. The van der Waals surface area contributed by atoms with Gasteiger partial charge in [0.05, 0.1) is 6.20 Å². The zero-order chi connectivity index (χ0) is 9.84. The van der Waals surface area contributed by atoms with Gasteiger partial charge in [-0.15, -0.1) is 0 Å². The number of hydrogen-bond acceptors (Lipinski definition) is 3. The molecule has 0 aromatic carbocycles. The molecule has 3 N–H and O–H groups in total. The van der Waals surface area contributed by atoms with Gasteiger partial charge in [0.15, 0.2) is 0 Å². The van der Waals surface area contributed by atoms with E-state index >= 15 is 0 Å². The Balaban J connectivity index is 2.91. The van der Waals surface area contributed by atoms with E-state index in [1.54, 1.807) is 6.20 Å². The maximum absolute atomic E-state index is 12.8. The first-order chi connectivity index (χ1) is 6.15. The van der Waals surface area contributed by atoms with Crippen LogP contribution in [0.3, 0.4) is 0 Å². The van der Waals surface area contributed by atoms with Gasteiger partial charge < -0.3 is 0 Å². The summed E-state index contributed by atoms with van der Waals surface area (Å²) in [7, 11) is 0. The van der Waals surface area contributed by atoms with Gasteiger partial charge in [0.1, 0.15) is 5.82 Å². The maximum atomic E-state index is 12.8. The molecule has 1 unspecified atom stereocenters. The van der Waals surface area contributed by atoms with Gasteiger partial charge in [0.25, 0.3) is 0 Å². The van der Waals surface area contributed by atoms with Crippen molar-refractivity contribution in [2.24, 2.45) is 11.8 Å². The van der Waals surface area contributed by atoms with E-state index in [1.807, 2.05) is 13.8 Å². The number of nitrogens with one attached hydrogen (secondary N) is 1. The molecule has 4 heteroatoms. The fourth-order valence-electron chi connectivity index (χ4n) is 1.27. The van der Waals surface area contributed by atoms with Gasteiger partial charge in [-0.3, -0.25) is 16.3 Å². The molecular weight excluding hydrogens is 169 g/mol. The zero-order valence-electron chi connectivity index (χ0n) is 7.79. The molecule has 1 aromatic heterocycles. The van der Waals surface area contributed by atoms with Crippen molar-refractivity contribution < 1.29 is 4.39 Å². The molecule has 0 aliphatic heterocycles. The number of rotatable bonds is 3. The summed E-state index contributed by atoms with van der Waals surface area (Å²) >= 11 is 0. The van der Waals surface area contributed by atoms with E-state index in [-0.39, 0.29) is 11.9 Å². The predicted molar refractivity (Wildman–Crippen MR) is 49.1 cm³/mol. The van der Waals surface area contributed by atoms with Crippen LogP contribution in [0.25, 0.3) is 0 Å². The number of hydrogen-bond donors (Lipinski definition) is 2. The molecule has 1 atom stereocenters. The Morgan fingerprint density at radius 2 is 2.15 bits per heavy atom. The summed E-state index contributed by atoms with van der Waals surface area (Å²) in [6, 6.07) is 1.39. The minimum absolute atomic E-state index is 0.0526. The Kier molecular flexibility index (Phi) is 3.33. The summed E-state index contributed by atoms with van der Waals surface area (Å²) in [5.41, 5.74) is 3.41. The smallest absolute Gasteiger partial charge is 0.141 e. The maximum Gasteiger partial charge on any atom is 0.141 e. The van der Waals surface area contributed by atoms with Crippen molar-refractivity contribution in [3.63, 3.8) is 0 Å². The van der Waals surface area contributed by atoms with Gasteiger partial charge in [0.2, 0.25) is 0 Å². The minimum atomic E-state index is -0.335. The molecule has 0 aliphatic rings. The van der Waals surface area contributed by atoms with Crippen LogP contribution >= 0.6 is 0 Å². The van der Waals surface area contributed by atoms with Gasteiger partial charge in [0, 0.05) is 12.2 Å². The van der Waals surface area contributed by atoms with E-state index in [0.717, 1.165) is 5.56 Å². The van der Waals surface area contributed by atoms with Crippen LogP contribution in [0.15, 0.2) is 18.5 Å². The Morgan fingerprint density at radius 1 is 1.46 bits per heavy atom. The molecule has 0 radical (unpaired) electrons. The van der Waals surface area contributed by atoms with Gasteiger partial charge in [-0.25, -0.2) is 4.39 Å². The molecule has 72 valence electrons. The number of halogens is 1.